The minimum Gasteiger partial charge on any atom is -0.336 e. The van der Waals surface area contributed by atoms with Gasteiger partial charge in [0.25, 0.3) is 5.91 Å². The highest BCUT2D eigenvalue weighted by molar-refractivity contribution is 5.98. The molecule has 3 heterocycles. The van der Waals surface area contributed by atoms with Crippen LogP contribution in [0.1, 0.15) is 28.8 Å². The molecule has 29 heavy (non-hydrogen) atoms. The van der Waals surface area contributed by atoms with E-state index in [1.165, 1.54) is 0 Å². The summed E-state index contributed by atoms with van der Waals surface area (Å²) in [5, 5.41) is 13.1. The Bertz CT molecular complexity index is 937. The maximum atomic E-state index is 13.1. The number of nitrogens with zero attached hydrogens (tertiary/aromatic N) is 6. The predicted octanol–water partition coefficient (Wildman–Crippen LogP) is 1.25. The Kier molecular flexibility index (Phi) is 5.32. The zero-order valence-corrected chi connectivity index (χ0v) is 16.5. The Morgan fingerprint density at radius 1 is 1.14 bits per heavy atom. The second kappa shape index (κ2) is 8.05. The van der Waals surface area contributed by atoms with Crippen molar-refractivity contribution in [1.82, 2.24) is 19.6 Å². The van der Waals surface area contributed by atoms with Crippen LogP contribution in [-0.4, -0.2) is 70.2 Å². The molecule has 0 N–H and O–H groups in total. The number of rotatable bonds is 3. The Morgan fingerprint density at radius 3 is 2.48 bits per heavy atom. The number of aryl methyl sites for hydroxylation is 1. The Labute approximate surface area is 169 Å². The summed E-state index contributed by atoms with van der Waals surface area (Å²) in [5.41, 5.74) is 1.98. The number of carbonyl (C=O) groups is 2. The molecule has 0 bridgehead atoms. The second-order valence-corrected chi connectivity index (χ2v) is 7.54. The van der Waals surface area contributed by atoms with Crippen molar-refractivity contribution >= 4 is 17.5 Å². The standard InChI is InChI=1S/C21H24N6O2/c1-24-15-18(14-23-24)27-8-2-3-19(21(27)29)25-9-11-26(12-10-25)20(28)17-6-4-16(13-22)5-7-17/h4-7,14-15,19H,2-3,8-12H2,1H3. The van der Waals surface area contributed by atoms with E-state index in [1.54, 1.807) is 35.1 Å². The van der Waals surface area contributed by atoms with Crippen LogP contribution in [0.5, 0.6) is 0 Å². The first-order chi connectivity index (χ1) is 14.1. The number of hydrogen-bond acceptors (Lipinski definition) is 5. The summed E-state index contributed by atoms with van der Waals surface area (Å²) in [7, 11) is 1.85. The van der Waals surface area contributed by atoms with Crippen LogP contribution in [0.3, 0.4) is 0 Å². The number of carbonyl (C=O) groups excluding carboxylic acids is 2. The number of anilines is 1. The topological polar surface area (TPSA) is 85.5 Å². The normalized spacial score (nSPS) is 20.6. The van der Waals surface area contributed by atoms with E-state index in [9.17, 15) is 9.59 Å². The van der Waals surface area contributed by atoms with Crippen molar-refractivity contribution in [2.45, 2.75) is 18.9 Å². The molecule has 2 amide bonds. The molecule has 150 valence electrons. The van der Waals surface area contributed by atoms with Crippen molar-refractivity contribution in [1.29, 1.82) is 5.26 Å². The summed E-state index contributed by atoms with van der Waals surface area (Å²) < 4.78 is 1.71. The van der Waals surface area contributed by atoms with Crippen LogP contribution in [0.4, 0.5) is 5.69 Å². The van der Waals surface area contributed by atoms with E-state index in [2.05, 4.69) is 16.1 Å². The molecule has 0 radical (unpaired) electrons. The van der Waals surface area contributed by atoms with Crippen molar-refractivity contribution in [3.63, 3.8) is 0 Å². The maximum Gasteiger partial charge on any atom is 0.253 e. The molecule has 8 nitrogen and oxygen atoms in total. The molecule has 2 aliphatic rings. The summed E-state index contributed by atoms with van der Waals surface area (Å²) in [6, 6.07) is 8.64. The van der Waals surface area contributed by atoms with Gasteiger partial charge in [-0.25, -0.2) is 0 Å². The van der Waals surface area contributed by atoms with E-state index in [4.69, 9.17) is 5.26 Å². The molecule has 2 fully saturated rings. The summed E-state index contributed by atoms with van der Waals surface area (Å²) in [6.45, 7) is 3.27. The second-order valence-electron chi connectivity index (χ2n) is 7.54. The lowest BCUT2D eigenvalue weighted by Gasteiger charge is -2.42. The van der Waals surface area contributed by atoms with E-state index >= 15 is 0 Å². The number of amides is 2. The van der Waals surface area contributed by atoms with Gasteiger partial charge in [0.05, 0.1) is 29.6 Å². The number of nitriles is 1. The SMILES string of the molecule is Cn1cc(N2CCCC(N3CCN(C(=O)c4ccc(C#N)cc4)CC3)C2=O)cn1. The first-order valence-corrected chi connectivity index (χ1v) is 9.90. The average Bonchev–Trinajstić information content (AvgIpc) is 3.19. The number of aromatic nitrogens is 2. The van der Waals surface area contributed by atoms with E-state index in [0.717, 1.165) is 25.1 Å². The van der Waals surface area contributed by atoms with Crippen LogP contribution < -0.4 is 4.90 Å². The lowest BCUT2D eigenvalue weighted by atomic mass is 10.0. The first kappa shape index (κ1) is 19.2. The van der Waals surface area contributed by atoms with E-state index in [0.29, 0.717) is 37.3 Å². The third kappa shape index (κ3) is 3.87. The Balaban J connectivity index is 1.38. The summed E-state index contributed by atoms with van der Waals surface area (Å²) in [5.74, 6) is 0.0946. The minimum atomic E-state index is -0.142. The van der Waals surface area contributed by atoms with Crippen LogP contribution in [0.25, 0.3) is 0 Å². The van der Waals surface area contributed by atoms with E-state index in [-0.39, 0.29) is 17.9 Å². The first-order valence-electron chi connectivity index (χ1n) is 9.90. The van der Waals surface area contributed by atoms with Crippen molar-refractivity contribution in [3.05, 3.63) is 47.8 Å². The van der Waals surface area contributed by atoms with Gasteiger partial charge in [0, 0.05) is 51.5 Å². The number of hydrogen-bond donors (Lipinski definition) is 0. The molecule has 1 unspecified atom stereocenters. The largest absolute Gasteiger partial charge is 0.336 e. The van der Waals surface area contributed by atoms with Gasteiger partial charge in [-0.05, 0) is 37.1 Å². The van der Waals surface area contributed by atoms with Crippen molar-refractivity contribution in [2.24, 2.45) is 7.05 Å². The molecule has 0 spiro atoms. The average molecular weight is 392 g/mol. The van der Waals surface area contributed by atoms with Crippen LogP contribution >= 0.6 is 0 Å². The van der Waals surface area contributed by atoms with Crippen LogP contribution in [-0.2, 0) is 11.8 Å². The fourth-order valence-electron chi connectivity index (χ4n) is 4.11. The molecule has 1 atom stereocenters. The molecule has 2 aromatic rings. The van der Waals surface area contributed by atoms with Gasteiger partial charge in [-0.3, -0.25) is 19.2 Å². The van der Waals surface area contributed by atoms with Gasteiger partial charge < -0.3 is 9.80 Å². The van der Waals surface area contributed by atoms with Gasteiger partial charge in [0.15, 0.2) is 0 Å². The molecule has 1 aromatic heterocycles. The highest BCUT2D eigenvalue weighted by Gasteiger charge is 2.36. The van der Waals surface area contributed by atoms with E-state index in [1.807, 2.05) is 23.0 Å². The molecule has 8 heteroatoms. The third-order valence-corrected chi connectivity index (χ3v) is 5.72. The highest BCUT2D eigenvalue weighted by atomic mass is 16.2. The van der Waals surface area contributed by atoms with Gasteiger partial charge in [-0.1, -0.05) is 0 Å². The molecular formula is C21H24N6O2. The summed E-state index contributed by atoms with van der Waals surface area (Å²) in [4.78, 5) is 31.7. The lowest BCUT2D eigenvalue weighted by Crippen LogP contribution is -2.58. The molecule has 2 saturated heterocycles. The minimum absolute atomic E-state index is 0.0268. The number of piperazine rings is 1. The van der Waals surface area contributed by atoms with Gasteiger partial charge in [0.2, 0.25) is 5.91 Å². The molecule has 0 saturated carbocycles. The molecule has 4 rings (SSSR count). The number of piperidine rings is 1. The smallest absolute Gasteiger partial charge is 0.253 e. The quantitative estimate of drug-likeness (QED) is 0.785. The molecule has 2 aliphatic heterocycles. The third-order valence-electron chi connectivity index (χ3n) is 5.72. The van der Waals surface area contributed by atoms with Crippen LogP contribution in [0.2, 0.25) is 0 Å². The number of benzene rings is 1. The lowest BCUT2D eigenvalue weighted by molar-refractivity contribution is -0.126. The van der Waals surface area contributed by atoms with E-state index < -0.39 is 0 Å². The zero-order chi connectivity index (χ0) is 20.4. The molecule has 0 aliphatic carbocycles. The van der Waals surface area contributed by atoms with Gasteiger partial charge in [0.1, 0.15) is 0 Å². The Hall–Kier alpha value is -3.18. The van der Waals surface area contributed by atoms with Crippen molar-refractivity contribution in [3.8, 4) is 6.07 Å². The summed E-state index contributed by atoms with van der Waals surface area (Å²) >= 11 is 0. The fraction of sp³-hybridized carbons (Fsp3) is 0.429. The Morgan fingerprint density at radius 2 is 1.86 bits per heavy atom. The van der Waals surface area contributed by atoms with Gasteiger partial charge >= 0.3 is 0 Å². The van der Waals surface area contributed by atoms with Crippen LogP contribution in [0, 0.1) is 11.3 Å². The zero-order valence-electron chi connectivity index (χ0n) is 16.5. The van der Waals surface area contributed by atoms with Crippen molar-refractivity contribution in [2.75, 3.05) is 37.6 Å². The monoisotopic (exact) mass is 392 g/mol. The maximum absolute atomic E-state index is 13.1. The van der Waals surface area contributed by atoms with Crippen molar-refractivity contribution < 1.29 is 9.59 Å². The highest BCUT2D eigenvalue weighted by Crippen LogP contribution is 2.24. The molecular weight excluding hydrogens is 368 g/mol. The summed E-state index contributed by atoms with van der Waals surface area (Å²) in [6.07, 6.45) is 5.40. The van der Waals surface area contributed by atoms with Gasteiger partial charge in [-0.15, -0.1) is 0 Å². The van der Waals surface area contributed by atoms with Crippen LogP contribution in [0.15, 0.2) is 36.7 Å². The van der Waals surface area contributed by atoms with Gasteiger partial charge in [-0.2, -0.15) is 10.4 Å². The fourth-order valence-corrected chi connectivity index (χ4v) is 4.11. The molecule has 1 aromatic carbocycles. The predicted molar refractivity (Wildman–Crippen MR) is 107 cm³/mol.